The molecule has 110 valence electrons. The number of ether oxygens (including phenoxy) is 1. The van der Waals surface area contributed by atoms with Gasteiger partial charge in [0.25, 0.3) is 0 Å². The van der Waals surface area contributed by atoms with Crippen LogP contribution in [0.5, 0.6) is 0 Å². The summed E-state index contributed by atoms with van der Waals surface area (Å²) in [5, 5.41) is 0. The summed E-state index contributed by atoms with van der Waals surface area (Å²) in [4.78, 5) is 14.2. The Morgan fingerprint density at radius 1 is 1.40 bits per heavy atom. The molecule has 0 aliphatic rings. The second-order valence-corrected chi connectivity index (χ2v) is 5.06. The molecule has 3 nitrogen and oxygen atoms in total. The fraction of sp³-hybridized carbons (Fsp3) is 0.471. The monoisotopic (exact) mass is 275 g/mol. The van der Waals surface area contributed by atoms with Gasteiger partial charge < -0.3 is 4.74 Å². The highest BCUT2D eigenvalue weighted by molar-refractivity contribution is 5.76. The van der Waals surface area contributed by atoms with Gasteiger partial charge in [-0.3, -0.25) is 9.69 Å². The van der Waals surface area contributed by atoms with Crippen LogP contribution in [0.1, 0.15) is 25.8 Å². The van der Waals surface area contributed by atoms with Crippen LogP contribution in [0, 0.1) is 5.92 Å². The number of esters is 1. The second kappa shape index (κ2) is 8.54. The summed E-state index contributed by atoms with van der Waals surface area (Å²) in [5.74, 6) is 0.0724. The summed E-state index contributed by atoms with van der Waals surface area (Å²) >= 11 is 0. The Labute approximate surface area is 122 Å². The molecule has 0 aliphatic heterocycles. The molecule has 0 fully saturated rings. The first-order valence-corrected chi connectivity index (χ1v) is 7.10. The van der Waals surface area contributed by atoms with Crippen LogP contribution in [-0.2, 0) is 16.1 Å². The van der Waals surface area contributed by atoms with Crippen molar-refractivity contribution in [2.24, 2.45) is 5.92 Å². The normalized spacial score (nSPS) is 13.8. The molecule has 0 bridgehead atoms. The van der Waals surface area contributed by atoms with Gasteiger partial charge in [-0.2, -0.15) is 0 Å². The Bertz CT molecular complexity index is 416. The van der Waals surface area contributed by atoms with E-state index in [0.717, 1.165) is 13.0 Å². The number of rotatable bonds is 8. The van der Waals surface area contributed by atoms with Gasteiger partial charge in [-0.25, -0.2) is 0 Å². The molecule has 0 heterocycles. The van der Waals surface area contributed by atoms with Crippen LogP contribution in [0.15, 0.2) is 43.0 Å². The summed E-state index contributed by atoms with van der Waals surface area (Å²) in [5.41, 5.74) is 1.19. The molecule has 3 heteroatoms. The minimum absolute atomic E-state index is 0.169. The number of nitrogens with zero attached hydrogens (tertiary/aromatic N) is 1. The van der Waals surface area contributed by atoms with Gasteiger partial charge in [-0.05, 0) is 11.5 Å². The summed E-state index contributed by atoms with van der Waals surface area (Å²) in [7, 11) is 1.45. The summed E-state index contributed by atoms with van der Waals surface area (Å²) in [6.45, 7) is 9.36. The fourth-order valence-corrected chi connectivity index (χ4v) is 2.35. The van der Waals surface area contributed by atoms with E-state index in [2.05, 4.69) is 37.5 Å². The molecule has 2 atom stereocenters. The van der Waals surface area contributed by atoms with Gasteiger partial charge in [0, 0.05) is 13.1 Å². The summed E-state index contributed by atoms with van der Waals surface area (Å²) in [6.07, 6.45) is 2.77. The average Bonchev–Trinajstić information content (AvgIpc) is 2.48. The molecule has 0 saturated carbocycles. The van der Waals surface area contributed by atoms with Gasteiger partial charge in [0.2, 0.25) is 0 Å². The first-order valence-electron chi connectivity index (χ1n) is 7.10. The highest BCUT2D eigenvalue weighted by Gasteiger charge is 2.30. The number of carbonyl (C=O) groups is 1. The van der Waals surface area contributed by atoms with E-state index in [9.17, 15) is 4.79 Å². The predicted octanol–water partition coefficient (Wildman–Crippen LogP) is 3.26. The smallest absolute Gasteiger partial charge is 0.323 e. The van der Waals surface area contributed by atoms with Crippen LogP contribution in [0.4, 0.5) is 0 Å². The lowest BCUT2D eigenvalue weighted by Crippen LogP contribution is -2.45. The van der Waals surface area contributed by atoms with E-state index < -0.39 is 0 Å². The minimum atomic E-state index is -0.233. The van der Waals surface area contributed by atoms with Crippen molar-refractivity contribution in [3.63, 3.8) is 0 Å². The van der Waals surface area contributed by atoms with Crippen LogP contribution >= 0.6 is 0 Å². The molecule has 0 amide bonds. The van der Waals surface area contributed by atoms with E-state index in [1.165, 1.54) is 12.7 Å². The molecule has 0 N–H and O–H groups in total. The van der Waals surface area contributed by atoms with E-state index in [1.54, 1.807) is 0 Å². The molecule has 0 radical (unpaired) electrons. The quantitative estimate of drug-likeness (QED) is 0.539. The molecule has 1 aromatic rings. The molecule has 0 aliphatic carbocycles. The number of hydrogen-bond donors (Lipinski definition) is 0. The van der Waals surface area contributed by atoms with Crippen molar-refractivity contribution in [2.45, 2.75) is 32.9 Å². The number of benzene rings is 1. The van der Waals surface area contributed by atoms with Gasteiger partial charge in [-0.15, -0.1) is 6.58 Å². The lowest BCUT2D eigenvalue weighted by molar-refractivity contribution is -0.149. The van der Waals surface area contributed by atoms with E-state index in [-0.39, 0.29) is 17.9 Å². The van der Waals surface area contributed by atoms with Gasteiger partial charge in [-0.1, -0.05) is 56.7 Å². The minimum Gasteiger partial charge on any atom is -0.468 e. The largest absolute Gasteiger partial charge is 0.468 e. The Hall–Kier alpha value is -1.61. The second-order valence-electron chi connectivity index (χ2n) is 5.06. The van der Waals surface area contributed by atoms with Gasteiger partial charge in [0.05, 0.1) is 7.11 Å². The molecule has 20 heavy (non-hydrogen) atoms. The first kappa shape index (κ1) is 16.4. The van der Waals surface area contributed by atoms with Crippen molar-refractivity contribution >= 4 is 5.97 Å². The van der Waals surface area contributed by atoms with Gasteiger partial charge in [0.1, 0.15) is 6.04 Å². The Balaban J connectivity index is 2.95. The van der Waals surface area contributed by atoms with E-state index in [4.69, 9.17) is 4.74 Å². The maximum atomic E-state index is 12.1. The van der Waals surface area contributed by atoms with Crippen LogP contribution in [0.25, 0.3) is 0 Å². The molecule has 1 aromatic carbocycles. The third kappa shape index (κ3) is 4.49. The zero-order chi connectivity index (χ0) is 15.0. The summed E-state index contributed by atoms with van der Waals surface area (Å²) < 4.78 is 4.99. The third-order valence-electron chi connectivity index (χ3n) is 3.61. The highest BCUT2D eigenvalue weighted by atomic mass is 16.5. The van der Waals surface area contributed by atoms with E-state index in [1.807, 2.05) is 24.3 Å². The van der Waals surface area contributed by atoms with Crippen LogP contribution in [0.3, 0.4) is 0 Å². The average molecular weight is 275 g/mol. The molecule has 0 saturated heterocycles. The van der Waals surface area contributed by atoms with Crippen LogP contribution in [0.2, 0.25) is 0 Å². The highest BCUT2D eigenvalue weighted by Crippen LogP contribution is 2.19. The Kier molecular flexibility index (Phi) is 7.02. The standard InChI is InChI=1S/C17H25NO2/c1-5-12-18(13-15-10-8-7-9-11-15)16(14(3)6-2)17(19)20-4/h5,7-11,14,16H,1,6,12-13H2,2-4H3/t14-,16-/m0/s1. The first-order chi connectivity index (χ1) is 9.63. The topological polar surface area (TPSA) is 29.5 Å². The van der Waals surface area contributed by atoms with Crippen molar-refractivity contribution in [3.8, 4) is 0 Å². The van der Waals surface area contributed by atoms with E-state index in [0.29, 0.717) is 6.54 Å². The van der Waals surface area contributed by atoms with E-state index >= 15 is 0 Å². The molecule has 0 aromatic heterocycles. The van der Waals surface area contributed by atoms with Crippen LogP contribution < -0.4 is 0 Å². The summed E-state index contributed by atoms with van der Waals surface area (Å²) in [6, 6.07) is 9.93. The molecule has 1 rings (SSSR count). The lowest BCUT2D eigenvalue weighted by atomic mass is 9.97. The van der Waals surface area contributed by atoms with Gasteiger partial charge in [0.15, 0.2) is 0 Å². The molecular weight excluding hydrogens is 250 g/mol. The Morgan fingerprint density at radius 3 is 2.55 bits per heavy atom. The lowest BCUT2D eigenvalue weighted by Gasteiger charge is -2.32. The maximum absolute atomic E-state index is 12.1. The third-order valence-corrected chi connectivity index (χ3v) is 3.61. The predicted molar refractivity (Wildman–Crippen MR) is 82.3 cm³/mol. The molecule has 0 unspecified atom stereocenters. The number of hydrogen-bond acceptors (Lipinski definition) is 3. The molecular formula is C17H25NO2. The number of methoxy groups -OCH3 is 1. The van der Waals surface area contributed by atoms with Crippen molar-refractivity contribution in [2.75, 3.05) is 13.7 Å². The zero-order valence-corrected chi connectivity index (χ0v) is 12.7. The fourth-order valence-electron chi connectivity index (χ4n) is 2.35. The molecule has 0 spiro atoms. The van der Waals surface area contributed by atoms with Crippen molar-refractivity contribution < 1.29 is 9.53 Å². The van der Waals surface area contributed by atoms with Crippen molar-refractivity contribution in [1.29, 1.82) is 0 Å². The van der Waals surface area contributed by atoms with Gasteiger partial charge >= 0.3 is 5.97 Å². The zero-order valence-electron chi connectivity index (χ0n) is 12.7. The van der Waals surface area contributed by atoms with Crippen molar-refractivity contribution in [1.82, 2.24) is 4.90 Å². The Morgan fingerprint density at radius 2 is 2.05 bits per heavy atom. The SMILES string of the molecule is C=CCN(Cc1ccccc1)[C@H](C(=O)OC)[C@@H](C)CC. The van der Waals surface area contributed by atoms with Crippen LogP contribution in [-0.4, -0.2) is 30.6 Å². The van der Waals surface area contributed by atoms with Crippen molar-refractivity contribution in [3.05, 3.63) is 48.6 Å². The maximum Gasteiger partial charge on any atom is 0.323 e. The number of carbonyl (C=O) groups excluding carboxylic acids is 1.